The minimum atomic E-state index is -0.207. The third-order valence-electron chi connectivity index (χ3n) is 1.92. The summed E-state index contributed by atoms with van der Waals surface area (Å²) in [5.41, 5.74) is 1.68. The number of hydrogen-bond acceptors (Lipinski definition) is 4. The smallest absolute Gasteiger partial charge is 0.269 e. The van der Waals surface area contributed by atoms with Crippen LogP contribution in [0.25, 0.3) is 0 Å². The summed E-state index contributed by atoms with van der Waals surface area (Å²) in [6, 6.07) is 7.39. The van der Waals surface area contributed by atoms with Crippen LogP contribution in [0.2, 0.25) is 0 Å². The Morgan fingerprint density at radius 1 is 1.50 bits per heavy atom. The Hall–Kier alpha value is -1.46. The maximum Gasteiger partial charge on any atom is 0.269 e. The molecular weight excluding hydrogens is 246 g/mol. The van der Waals surface area contributed by atoms with Crippen molar-refractivity contribution >= 4 is 34.7 Å². The van der Waals surface area contributed by atoms with Gasteiger partial charge >= 0.3 is 0 Å². The van der Waals surface area contributed by atoms with Crippen LogP contribution in [0.15, 0.2) is 30.5 Å². The molecule has 1 amide bonds. The lowest BCUT2D eigenvalue weighted by atomic mass is 10.2. The van der Waals surface area contributed by atoms with Gasteiger partial charge < -0.3 is 5.32 Å². The summed E-state index contributed by atoms with van der Waals surface area (Å²) in [6.45, 7) is 0. The molecule has 0 aliphatic heterocycles. The van der Waals surface area contributed by atoms with E-state index in [0.29, 0.717) is 10.8 Å². The van der Waals surface area contributed by atoms with Crippen molar-refractivity contribution in [1.82, 2.24) is 9.59 Å². The number of amides is 1. The molecule has 0 aliphatic carbocycles. The van der Waals surface area contributed by atoms with Gasteiger partial charge in [-0.05, 0) is 29.2 Å². The molecule has 0 atom stereocenters. The minimum absolute atomic E-state index is 0.207. The van der Waals surface area contributed by atoms with E-state index in [2.05, 4.69) is 14.9 Å². The highest BCUT2D eigenvalue weighted by atomic mass is 35.5. The van der Waals surface area contributed by atoms with Crippen LogP contribution < -0.4 is 5.32 Å². The third kappa shape index (κ3) is 2.56. The van der Waals surface area contributed by atoms with E-state index in [-0.39, 0.29) is 5.91 Å². The number of rotatable bonds is 3. The monoisotopic (exact) mass is 253 g/mol. The maximum absolute atomic E-state index is 11.7. The SMILES string of the molecule is O=C(Nc1cccc(CCl)c1)c1cnns1. The Balaban J connectivity index is 2.12. The van der Waals surface area contributed by atoms with Gasteiger partial charge in [0.25, 0.3) is 5.91 Å². The Labute approximate surface area is 101 Å². The predicted octanol–water partition coefficient (Wildman–Crippen LogP) is 2.53. The quantitative estimate of drug-likeness (QED) is 0.856. The average molecular weight is 254 g/mol. The van der Waals surface area contributed by atoms with Gasteiger partial charge in [-0.15, -0.1) is 16.7 Å². The Bertz CT molecular complexity index is 487. The fourth-order valence-corrected chi connectivity index (χ4v) is 1.77. The number of nitrogens with zero attached hydrogens (tertiary/aromatic N) is 2. The fraction of sp³-hybridized carbons (Fsp3) is 0.100. The van der Waals surface area contributed by atoms with Crippen LogP contribution in [0.5, 0.6) is 0 Å². The number of benzene rings is 1. The summed E-state index contributed by atoms with van der Waals surface area (Å²) >= 11 is 6.77. The highest BCUT2D eigenvalue weighted by Gasteiger charge is 2.08. The van der Waals surface area contributed by atoms with E-state index in [1.165, 1.54) is 6.20 Å². The van der Waals surface area contributed by atoms with Crippen molar-refractivity contribution in [2.24, 2.45) is 0 Å². The lowest BCUT2D eigenvalue weighted by Gasteiger charge is -2.04. The molecular formula is C10H8ClN3OS. The first-order valence-electron chi connectivity index (χ1n) is 4.53. The summed E-state index contributed by atoms with van der Waals surface area (Å²) < 4.78 is 3.63. The zero-order valence-electron chi connectivity index (χ0n) is 8.18. The third-order valence-corrected chi connectivity index (χ3v) is 2.90. The van der Waals surface area contributed by atoms with E-state index in [9.17, 15) is 4.79 Å². The van der Waals surface area contributed by atoms with Crippen LogP contribution in [0.1, 0.15) is 15.2 Å². The number of carbonyl (C=O) groups excluding carboxylic acids is 1. The van der Waals surface area contributed by atoms with Crippen molar-refractivity contribution in [3.63, 3.8) is 0 Å². The van der Waals surface area contributed by atoms with Gasteiger partial charge in [-0.2, -0.15) is 0 Å². The number of anilines is 1. The van der Waals surface area contributed by atoms with Crippen molar-refractivity contribution in [1.29, 1.82) is 0 Å². The van der Waals surface area contributed by atoms with Gasteiger partial charge in [-0.3, -0.25) is 4.79 Å². The molecule has 0 radical (unpaired) electrons. The van der Waals surface area contributed by atoms with Crippen molar-refractivity contribution in [2.45, 2.75) is 5.88 Å². The molecule has 0 bridgehead atoms. The van der Waals surface area contributed by atoms with E-state index in [1.807, 2.05) is 24.3 Å². The summed E-state index contributed by atoms with van der Waals surface area (Å²) in [4.78, 5) is 12.1. The molecule has 1 N–H and O–H groups in total. The molecule has 0 unspecified atom stereocenters. The number of carbonyl (C=O) groups is 1. The second-order valence-corrected chi connectivity index (χ2v) is 4.12. The first kappa shape index (κ1) is 11.0. The summed E-state index contributed by atoms with van der Waals surface area (Å²) in [6.07, 6.45) is 1.44. The van der Waals surface area contributed by atoms with E-state index in [4.69, 9.17) is 11.6 Å². The number of nitrogens with one attached hydrogen (secondary N) is 1. The van der Waals surface area contributed by atoms with Gasteiger partial charge in [0, 0.05) is 11.6 Å². The largest absolute Gasteiger partial charge is 0.321 e. The van der Waals surface area contributed by atoms with Crippen molar-refractivity contribution in [3.8, 4) is 0 Å². The van der Waals surface area contributed by atoms with Gasteiger partial charge in [0.05, 0.1) is 6.20 Å². The molecule has 4 nitrogen and oxygen atoms in total. The molecule has 6 heteroatoms. The predicted molar refractivity (Wildman–Crippen MR) is 63.9 cm³/mol. The van der Waals surface area contributed by atoms with Crippen LogP contribution in [-0.2, 0) is 5.88 Å². The van der Waals surface area contributed by atoms with Gasteiger partial charge in [-0.25, -0.2) is 0 Å². The van der Waals surface area contributed by atoms with Crippen molar-refractivity contribution in [2.75, 3.05) is 5.32 Å². The zero-order chi connectivity index (χ0) is 11.4. The first-order valence-corrected chi connectivity index (χ1v) is 5.84. The van der Waals surface area contributed by atoms with E-state index in [1.54, 1.807) is 0 Å². The van der Waals surface area contributed by atoms with Crippen LogP contribution in [-0.4, -0.2) is 15.5 Å². The van der Waals surface area contributed by atoms with Crippen molar-refractivity contribution < 1.29 is 4.79 Å². The zero-order valence-corrected chi connectivity index (χ0v) is 9.76. The molecule has 1 aromatic heterocycles. The normalized spacial score (nSPS) is 10.1. The van der Waals surface area contributed by atoms with Gasteiger partial charge in [0.1, 0.15) is 4.88 Å². The van der Waals surface area contributed by atoms with Crippen LogP contribution in [0.4, 0.5) is 5.69 Å². The average Bonchev–Trinajstić information content (AvgIpc) is 2.83. The second kappa shape index (κ2) is 5.05. The molecule has 0 fully saturated rings. The molecule has 2 aromatic rings. The van der Waals surface area contributed by atoms with E-state index >= 15 is 0 Å². The molecule has 0 spiro atoms. The summed E-state index contributed by atoms with van der Waals surface area (Å²) in [5.74, 6) is 0.216. The van der Waals surface area contributed by atoms with E-state index in [0.717, 1.165) is 22.8 Å². The Morgan fingerprint density at radius 2 is 2.38 bits per heavy atom. The Morgan fingerprint density at radius 3 is 3.06 bits per heavy atom. The minimum Gasteiger partial charge on any atom is -0.321 e. The summed E-state index contributed by atoms with van der Waals surface area (Å²) in [5, 5.41) is 6.36. The number of alkyl halides is 1. The number of halogens is 1. The second-order valence-electron chi connectivity index (χ2n) is 3.07. The molecule has 0 saturated carbocycles. The van der Waals surface area contributed by atoms with Crippen molar-refractivity contribution in [3.05, 3.63) is 40.9 Å². The molecule has 2 rings (SSSR count). The number of hydrogen-bond donors (Lipinski definition) is 1. The number of aromatic nitrogens is 2. The standard InChI is InChI=1S/C10H8ClN3OS/c11-5-7-2-1-3-8(4-7)13-10(15)9-6-12-14-16-9/h1-4,6H,5H2,(H,13,15). The van der Waals surface area contributed by atoms with Gasteiger partial charge in [0.2, 0.25) is 0 Å². The Kier molecular flexibility index (Phi) is 3.48. The molecule has 1 aromatic carbocycles. The fourth-order valence-electron chi connectivity index (χ4n) is 1.19. The highest BCUT2D eigenvalue weighted by molar-refractivity contribution is 7.07. The molecule has 16 heavy (non-hydrogen) atoms. The molecule has 0 aliphatic rings. The van der Waals surface area contributed by atoms with Gasteiger partial charge in [-0.1, -0.05) is 16.6 Å². The topological polar surface area (TPSA) is 54.9 Å². The summed E-state index contributed by atoms with van der Waals surface area (Å²) in [7, 11) is 0. The lowest BCUT2D eigenvalue weighted by molar-refractivity contribution is 0.103. The lowest BCUT2D eigenvalue weighted by Crippen LogP contribution is -2.10. The first-order chi connectivity index (χ1) is 7.79. The molecule has 0 saturated heterocycles. The van der Waals surface area contributed by atoms with Crippen LogP contribution in [0.3, 0.4) is 0 Å². The molecule has 1 heterocycles. The van der Waals surface area contributed by atoms with Crippen LogP contribution >= 0.6 is 23.1 Å². The van der Waals surface area contributed by atoms with E-state index < -0.39 is 0 Å². The maximum atomic E-state index is 11.7. The van der Waals surface area contributed by atoms with Gasteiger partial charge in [0.15, 0.2) is 0 Å². The van der Waals surface area contributed by atoms with Crippen LogP contribution in [0, 0.1) is 0 Å². The molecule has 82 valence electrons. The highest BCUT2D eigenvalue weighted by Crippen LogP contribution is 2.14.